The number of thiocarbonyl (C=S) groups is 1. The summed E-state index contributed by atoms with van der Waals surface area (Å²) >= 11 is 6.61. The fourth-order valence-electron chi connectivity index (χ4n) is 2.19. The third-order valence-electron chi connectivity index (χ3n) is 3.19. The van der Waals surface area contributed by atoms with E-state index in [1.165, 1.54) is 28.8 Å². The Morgan fingerprint density at radius 1 is 1.29 bits per heavy atom. The molecule has 1 saturated heterocycles. The van der Waals surface area contributed by atoms with Crippen LogP contribution in [-0.2, 0) is 11.2 Å². The van der Waals surface area contributed by atoms with Gasteiger partial charge >= 0.3 is 0 Å². The van der Waals surface area contributed by atoms with Crippen molar-refractivity contribution in [2.24, 2.45) is 0 Å². The molecule has 1 aromatic carbocycles. The lowest BCUT2D eigenvalue weighted by Gasteiger charge is -2.15. The van der Waals surface area contributed by atoms with Crippen LogP contribution in [0.1, 0.15) is 11.5 Å². The molecule has 0 N–H and O–H groups in total. The molecule has 0 saturated carbocycles. The molecule has 0 bridgehead atoms. The number of benzene rings is 1. The van der Waals surface area contributed by atoms with E-state index in [9.17, 15) is 9.18 Å². The molecule has 1 aliphatic heterocycles. The van der Waals surface area contributed by atoms with Crippen LogP contribution in [0.25, 0.3) is 0 Å². The van der Waals surface area contributed by atoms with Crippen molar-refractivity contribution < 1.29 is 13.6 Å². The monoisotopic (exact) mass is 321 g/mol. The molecule has 1 amide bonds. The van der Waals surface area contributed by atoms with Crippen LogP contribution in [0, 0.1) is 12.7 Å². The number of halogens is 1. The molecule has 2 aromatic rings. The smallest absolute Gasteiger partial charge is 0.246 e. The average Bonchev–Trinajstić information content (AvgIpc) is 2.96. The molecule has 1 aliphatic rings. The Morgan fingerprint density at radius 2 is 2.00 bits per heavy atom. The summed E-state index contributed by atoms with van der Waals surface area (Å²) in [4.78, 5) is 14.0. The normalized spacial score (nSPS) is 18.6. The zero-order valence-electron chi connectivity index (χ0n) is 11.2. The van der Waals surface area contributed by atoms with E-state index in [1.807, 2.05) is 19.1 Å². The minimum atomic E-state index is -0.341. The van der Waals surface area contributed by atoms with Crippen molar-refractivity contribution in [3.63, 3.8) is 0 Å². The van der Waals surface area contributed by atoms with Gasteiger partial charge in [0.05, 0.1) is 10.9 Å². The molecular weight excluding hydrogens is 309 g/mol. The Bertz CT molecular complexity index is 696. The van der Waals surface area contributed by atoms with Gasteiger partial charge in [0.25, 0.3) is 0 Å². The molecule has 0 radical (unpaired) electrons. The number of carbonyl (C=O) groups is 1. The van der Waals surface area contributed by atoms with Gasteiger partial charge in [0.1, 0.15) is 21.7 Å². The lowest BCUT2D eigenvalue weighted by molar-refractivity contribution is -0.116. The Labute approximate surface area is 131 Å². The highest BCUT2D eigenvalue weighted by atomic mass is 32.2. The second kappa shape index (κ2) is 5.61. The van der Waals surface area contributed by atoms with Gasteiger partial charge in [0, 0.05) is 6.42 Å². The number of nitrogens with zero attached hydrogens (tertiary/aromatic N) is 1. The summed E-state index contributed by atoms with van der Waals surface area (Å²) in [6.07, 6.45) is 0.495. The Morgan fingerprint density at radius 3 is 2.62 bits per heavy atom. The van der Waals surface area contributed by atoms with Crippen LogP contribution in [0.4, 0.5) is 10.1 Å². The Balaban J connectivity index is 1.80. The number of thioether (sulfide) groups is 1. The van der Waals surface area contributed by atoms with Crippen molar-refractivity contribution in [1.82, 2.24) is 0 Å². The van der Waals surface area contributed by atoms with Crippen LogP contribution < -0.4 is 4.90 Å². The second-order valence-electron chi connectivity index (χ2n) is 4.74. The maximum atomic E-state index is 13.0. The summed E-state index contributed by atoms with van der Waals surface area (Å²) in [6, 6.07) is 9.49. The molecule has 3 rings (SSSR count). The molecule has 1 aromatic heterocycles. The number of carbonyl (C=O) groups excluding carboxylic acids is 1. The Kier molecular flexibility index (Phi) is 3.82. The molecule has 0 aliphatic carbocycles. The van der Waals surface area contributed by atoms with Crippen LogP contribution in [-0.4, -0.2) is 15.5 Å². The number of furan rings is 1. The number of rotatable bonds is 3. The van der Waals surface area contributed by atoms with Gasteiger partial charge in [0.15, 0.2) is 0 Å². The molecule has 0 spiro atoms. The topological polar surface area (TPSA) is 33.5 Å². The van der Waals surface area contributed by atoms with E-state index in [2.05, 4.69) is 0 Å². The standard InChI is InChI=1S/C15H12FNO2S2/c1-9-2-7-12(19-9)8-13-14(18)17(15(20)21-13)11-5-3-10(16)4-6-11/h2-7,13H,8H2,1H3. The van der Waals surface area contributed by atoms with E-state index in [-0.39, 0.29) is 17.0 Å². The van der Waals surface area contributed by atoms with Crippen LogP contribution in [0.15, 0.2) is 40.8 Å². The highest BCUT2D eigenvalue weighted by molar-refractivity contribution is 8.25. The molecule has 2 heterocycles. The van der Waals surface area contributed by atoms with Crippen molar-refractivity contribution in [1.29, 1.82) is 0 Å². The first-order chi connectivity index (χ1) is 10.0. The quantitative estimate of drug-likeness (QED) is 0.807. The van der Waals surface area contributed by atoms with Crippen LogP contribution in [0.5, 0.6) is 0 Å². The van der Waals surface area contributed by atoms with Gasteiger partial charge in [-0.1, -0.05) is 24.0 Å². The van der Waals surface area contributed by atoms with Crippen molar-refractivity contribution in [2.45, 2.75) is 18.6 Å². The summed E-state index contributed by atoms with van der Waals surface area (Å²) in [5.74, 6) is 1.15. The molecule has 1 unspecified atom stereocenters. The third-order valence-corrected chi connectivity index (χ3v) is 4.70. The van der Waals surface area contributed by atoms with Gasteiger partial charge in [-0.15, -0.1) is 0 Å². The highest BCUT2D eigenvalue weighted by Crippen LogP contribution is 2.34. The molecule has 1 fully saturated rings. The second-order valence-corrected chi connectivity index (χ2v) is 6.58. The fraction of sp³-hybridized carbons (Fsp3) is 0.200. The van der Waals surface area contributed by atoms with E-state index in [1.54, 1.807) is 12.1 Å². The zero-order valence-corrected chi connectivity index (χ0v) is 12.8. The fourth-order valence-corrected chi connectivity index (χ4v) is 3.73. The molecule has 21 heavy (non-hydrogen) atoms. The minimum absolute atomic E-state index is 0.0920. The molecule has 1 atom stereocenters. The van der Waals surface area contributed by atoms with E-state index >= 15 is 0 Å². The van der Waals surface area contributed by atoms with Crippen LogP contribution >= 0.6 is 24.0 Å². The summed E-state index contributed by atoms with van der Waals surface area (Å²) in [7, 11) is 0. The van der Waals surface area contributed by atoms with Gasteiger partial charge in [-0.05, 0) is 43.3 Å². The third kappa shape index (κ3) is 2.87. The Hall–Kier alpha value is -1.66. The van der Waals surface area contributed by atoms with Gasteiger partial charge in [-0.3, -0.25) is 9.69 Å². The van der Waals surface area contributed by atoms with Crippen molar-refractivity contribution >= 4 is 39.9 Å². The highest BCUT2D eigenvalue weighted by Gasteiger charge is 2.38. The molecule has 6 heteroatoms. The van der Waals surface area contributed by atoms with Crippen molar-refractivity contribution in [3.05, 3.63) is 53.7 Å². The number of amides is 1. The number of anilines is 1. The number of aryl methyl sites for hydroxylation is 1. The largest absolute Gasteiger partial charge is 0.466 e. The van der Waals surface area contributed by atoms with Crippen LogP contribution in [0.2, 0.25) is 0 Å². The van der Waals surface area contributed by atoms with Crippen LogP contribution in [0.3, 0.4) is 0 Å². The SMILES string of the molecule is Cc1ccc(CC2SC(=S)N(c3ccc(F)cc3)C2=O)o1. The summed E-state index contributed by atoms with van der Waals surface area (Å²) in [5, 5.41) is -0.298. The average molecular weight is 321 g/mol. The van der Waals surface area contributed by atoms with Gasteiger partial charge in [0.2, 0.25) is 5.91 Å². The summed E-state index contributed by atoms with van der Waals surface area (Å²) in [6.45, 7) is 1.86. The van der Waals surface area contributed by atoms with E-state index in [0.29, 0.717) is 16.4 Å². The van der Waals surface area contributed by atoms with Gasteiger partial charge < -0.3 is 4.42 Å². The van der Waals surface area contributed by atoms with Gasteiger partial charge in [-0.25, -0.2) is 4.39 Å². The first-order valence-corrected chi connectivity index (χ1v) is 7.69. The number of hydrogen-bond donors (Lipinski definition) is 0. The lowest BCUT2D eigenvalue weighted by Crippen LogP contribution is -2.31. The van der Waals surface area contributed by atoms with E-state index < -0.39 is 0 Å². The minimum Gasteiger partial charge on any atom is -0.466 e. The molecule has 3 nitrogen and oxygen atoms in total. The van der Waals surface area contributed by atoms with Crippen molar-refractivity contribution in [2.75, 3.05) is 4.90 Å². The van der Waals surface area contributed by atoms with E-state index in [4.69, 9.17) is 16.6 Å². The predicted octanol–water partition coefficient (Wildman–Crippen LogP) is 3.70. The van der Waals surface area contributed by atoms with Crippen molar-refractivity contribution in [3.8, 4) is 0 Å². The zero-order chi connectivity index (χ0) is 15.0. The predicted molar refractivity (Wildman–Crippen MR) is 85.0 cm³/mol. The summed E-state index contributed by atoms with van der Waals surface area (Å²) < 4.78 is 19.0. The first kappa shape index (κ1) is 14.3. The number of hydrogen-bond acceptors (Lipinski definition) is 4. The maximum absolute atomic E-state index is 13.0. The van der Waals surface area contributed by atoms with E-state index in [0.717, 1.165) is 11.5 Å². The molecular formula is C15H12FNO2S2. The maximum Gasteiger partial charge on any atom is 0.246 e. The first-order valence-electron chi connectivity index (χ1n) is 6.40. The summed E-state index contributed by atoms with van der Waals surface area (Å²) in [5.41, 5.74) is 0.594. The lowest BCUT2D eigenvalue weighted by atomic mass is 10.2. The van der Waals surface area contributed by atoms with Gasteiger partial charge in [-0.2, -0.15) is 0 Å². The molecule has 108 valence electrons.